The van der Waals surface area contributed by atoms with E-state index in [2.05, 4.69) is 33.1 Å². The van der Waals surface area contributed by atoms with Crippen molar-refractivity contribution in [2.45, 2.75) is 78.9 Å². The lowest BCUT2D eigenvalue weighted by Crippen LogP contribution is -2.32. The number of amides is 4. The standard InChI is InChI=1S/C32H42N4O8/c1-31(2,3)43-29(39)35-20-24-14-12-23(13-15-24)19-33-27(37)41-16-7-8-17-42-28(38)34-21-25-10-9-11-26(18-25)22-36-30(40)44-32(4,5)6/h9-15,18H,16-17,19-22H2,1-6H3,(H,33,37)(H,34,38)(H,35,39)(H,36,40). The SMILES string of the molecule is CC(C)(C)OC(=O)NCc1ccc(CNC(=O)OCC#CCOC(=O)NCc2cccc(CNC(=O)OC(C)(C)C)c2)cc1. The minimum atomic E-state index is -0.651. The van der Waals surface area contributed by atoms with Crippen molar-refractivity contribution in [2.24, 2.45) is 0 Å². The van der Waals surface area contributed by atoms with E-state index in [4.69, 9.17) is 18.9 Å². The van der Waals surface area contributed by atoms with Crippen LogP contribution in [0.15, 0.2) is 48.5 Å². The molecule has 2 rings (SSSR count). The Kier molecular flexibility index (Phi) is 13.8. The fourth-order valence-corrected chi connectivity index (χ4v) is 3.36. The number of carbonyl (C=O) groups is 4. The Balaban J connectivity index is 1.59. The van der Waals surface area contributed by atoms with Crippen LogP contribution in [0.4, 0.5) is 19.2 Å². The first kappa shape index (κ1) is 35.3. The van der Waals surface area contributed by atoms with Crippen molar-refractivity contribution in [3.63, 3.8) is 0 Å². The van der Waals surface area contributed by atoms with Crippen LogP contribution >= 0.6 is 0 Å². The molecule has 4 N–H and O–H groups in total. The van der Waals surface area contributed by atoms with Gasteiger partial charge in [-0.1, -0.05) is 60.4 Å². The van der Waals surface area contributed by atoms with Gasteiger partial charge in [0.1, 0.15) is 11.2 Å². The summed E-state index contributed by atoms with van der Waals surface area (Å²) in [6.45, 7) is 11.5. The number of ether oxygens (including phenoxy) is 4. The van der Waals surface area contributed by atoms with E-state index >= 15 is 0 Å². The van der Waals surface area contributed by atoms with Gasteiger partial charge in [0, 0.05) is 26.2 Å². The van der Waals surface area contributed by atoms with Crippen molar-refractivity contribution in [1.29, 1.82) is 0 Å². The first-order chi connectivity index (χ1) is 20.7. The van der Waals surface area contributed by atoms with Gasteiger partial charge in [-0.25, -0.2) is 19.2 Å². The Morgan fingerprint density at radius 2 is 0.886 bits per heavy atom. The van der Waals surface area contributed by atoms with Crippen molar-refractivity contribution in [3.05, 3.63) is 70.8 Å². The van der Waals surface area contributed by atoms with Gasteiger partial charge in [-0.05, 0) is 63.8 Å². The van der Waals surface area contributed by atoms with Crippen LogP contribution in [-0.2, 0) is 45.1 Å². The lowest BCUT2D eigenvalue weighted by Gasteiger charge is -2.19. The molecule has 0 radical (unpaired) electrons. The van der Waals surface area contributed by atoms with Gasteiger partial charge in [0.15, 0.2) is 13.2 Å². The van der Waals surface area contributed by atoms with E-state index in [1.165, 1.54) is 0 Å². The molecule has 0 saturated carbocycles. The zero-order chi connectivity index (χ0) is 32.6. The molecule has 12 heteroatoms. The molecule has 4 amide bonds. The number of nitrogens with one attached hydrogen (secondary N) is 4. The summed E-state index contributed by atoms with van der Waals surface area (Å²) >= 11 is 0. The summed E-state index contributed by atoms with van der Waals surface area (Å²) in [6, 6.07) is 14.7. The van der Waals surface area contributed by atoms with E-state index in [9.17, 15) is 19.2 Å². The number of benzene rings is 2. The molecule has 44 heavy (non-hydrogen) atoms. The maximum Gasteiger partial charge on any atom is 0.408 e. The number of hydrogen-bond donors (Lipinski definition) is 4. The summed E-state index contributed by atoms with van der Waals surface area (Å²) in [5.74, 6) is 5.21. The summed E-state index contributed by atoms with van der Waals surface area (Å²) in [4.78, 5) is 47.4. The highest BCUT2D eigenvalue weighted by molar-refractivity contribution is 5.69. The maximum absolute atomic E-state index is 12.0. The van der Waals surface area contributed by atoms with E-state index in [0.717, 1.165) is 22.3 Å². The number of hydrogen-bond acceptors (Lipinski definition) is 8. The van der Waals surface area contributed by atoms with Crippen LogP contribution in [0, 0.1) is 11.8 Å². The predicted molar refractivity (Wildman–Crippen MR) is 163 cm³/mol. The Morgan fingerprint density at radius 1 is 0.545 bits per heavy atom. The topological polar surface area (TPSA) is 153 Å². The van der Waals surface area contributed by atoms with Crippen LogP contribution in [0.1, 0.15) is 63.8 Å². The van der Waals surface area contributed by atoms with Gasteiger partial charge in [0.2, 0.25) is 0 Å². The van der Waals surface area contributed by atoms with Crippen LogP contribution in [0.5, 0.6) is 0 Å². The highest BCUT2D eigenvalue weighted by atomic mass is 16.6. The minimum Gasteiger partial charge on any atom is -0.444 e. The highest BCUT2D eigenvalue weighted by Gasteiger charge is 2.16. The quantitative estimate of drug-likeness (QED) is 0.219. The Hall–Kier alpha value is -4.92. The monoisotopic (exact) mass is 610 g/mol. The number of rotatable bonds is 10. The average Bonchev–Trinajstić information content (AvgIpc) is 2.93. The van der Waals surface area contributed by atoms with Gasteiger partial charge >= 0.3 is 24.4 Å². The molecular formula is C32H42N4O8. The van der Waals surface area contributed by atoms with Crippen molar-refractivity contribution in [3.8, 4) is 11.8 Å². The molecule has 0 atom stereocenters. The van der Waals surface area contributed by atoms with Gasteiger partial charge in [-0.15, -0.1) is 0 Å². The highest BCUT2D eigenvalue weighted by Crippen LogP contribution is 2.10. The number of carbonyl (C=O) groups excluding carboxylic acids is 4. The second-order valence-electron chi connectivity index (χ2n) is 11.6. The summed E-state index contributed by atoms with van der Waals surface area (Å²) in [5, 5.41) is 10.6. The zero-order valence-electron chi connectivity index (χ0n) is 26.1. The van der Waals surface area contributed by atoms with Crippen molar-refractivity contribution in [2.75, 3.05) is 13.2 Å². The Labute approximate surface area is 258 Å². The minimum absolute atomic E-state index is 0.170. The lowest BCUT2D eigenvalue weighted by molar-refractivity contribution is 0.0512. The molecule has 0 aromatic heterocycles. The van der Waals surface area contributed by atoms with Gasteiger partial charge < -0.3 is 40.2 Å². The van der Waals surface area contributed by atoms with E-state index in [1.807, 2.05) is 48.5 Å². The molecule has 2 aromatic rings. The van der Waals surface area contributed by atoms with Crippen LogP contribution in [0.25, 0.3) is 0 Å². The lowest BCUT2D eigenvalue weighted by atomic mass is 10.1. The van der Waals surface area contributed by atoms with Crippen LogP contribution in [0.2, 0.25) is 0 Å². The molecule has 0 spiro atoms. The maximum atomic E-state index is 12.0. The zero-order valence-corrected chi connectivity index (χ0v) is 26.1. The summed E-state index contributed by atoms with van der Waals surface area (Å²) in [6.07, 6.45) is -2.29. The number of alkyl carbamates (subject to hydrolysis) is 4. The van der Waals surface area contributed by atoms with Gasteiger partial charge in [0.05, 0.1) is 0 Å². The predicted octanol–water partition coefficient (Wildman–Crippen LogP) is 4.89. The van der Waals surface area contributed by atoms with E-state index in [1.54, 1.807) is 41.5 Å². The first-order valence-corrected chi connectivity index (χ1v) is 14.0. The smallest absolute Gasteiger partial charge is 0.408 e. The molecule has 0 aliphatic carbocycles. The molecule has 0 unspecified atom stereocenters. The third-order valence-electron chi connectivity index (χ3n) is 5.24. The van der Waals surface area contributed by atoms with E-state index < -0.39 is 35.6 Å². The fourth-order valence-electron chi connectivity index (χ4n) is 3.36. The van der Waals surface area contributed by atoms with Crippen LogP contribution in [-0.4, -0.2) is 48.8 Å². The van der Waals surface area contributed by atoms with Crippen molar-refractivity contribution < 1.29 is 38.1 Å². The van der Waals surface area contributed by atoms with Gasteiger partial charge in [0.25, 0.3) is 0 Å². The normalized spacial score (nSPS) is 10.8. The second kappa shape index (κ2) is 17.3. The molecule has 12 nitrogen and oxygen atoms in total. The first-order valence-electron chi connectivity index (χ1n) is 14.0. The fraction of sp³-hybridized carbons (Fsp3) is 0.438. The molecule has 0 bridgehead atoms. The van der Waals surface area contributed by atoms with E-state index in [-0.39, 0.29) is 32.8 Å². The molecular weight excluding hydrogens is 568 g/mol. The molecule has 0 heterocycles. The van der Waals surface area contributed by atoms with Crippen LogP contribution < -0.4 is 21.3 Å². The molecule has 238 valence electrons. The third kappa shape index (κ3) is 16.5. The molecule has 0 saturated heterocycles. The average molecular weight is 611 g/mol. The molecule has 2 aromatic carbocycles. The summed E-state index contributed by atoms with van der Waals surface area (Å²) < 4.78 is 20.4. The van der Waals surface area contributed by atoms with Crippen molar-refractivity contribution in [1.82, 2.24) is 21.3 Å². The van der Waals surface area contributed by atoms with E-state index in [0.29, 0.717) is 6.54 Å². The largest absolute Gasteiger partial charge is 0.444 e. The Morgan fingerprint density at radius 3 is 1.25 bits per heavy atom. The van der Waals surface area contributed by atoms with Gasteiger partial charge in [-0.2, -0.15) is 0 Å². The molecule has 0 aliphatic rings. The molecule has 0 aliphatic heterocycles. The van der Waals surface area contributed by atoms with Gasteiger partial charge in [-0.3, -0.25) is 0 Å². The van der Waals surface area contributed by atoms with Crippen LogP contribution in [0.3, 0.4) is 0 Å². The second-order valence-corrected chi connectivity index (χ2v) is 11.6. The summed E-state index contributed by atoms with van der Waals surface area (Å²) in [7, 11) is 0. The third-order valence-corrected chi connectivity index (χ3v) is 5.24. The summed E-state index contributed by atoms with van der Waals surface area (Å²) in [5.41, 5.74) is 2.25. The Bertz CT molecular complexity index is 1320. The van der Waals surface area contributed by atoms with Crippen molar-refractivity contribution >= 4 is 24.4 Å². The molecule has 0 fully saturated rings.